The molecule has 0 bridgehead atoms. The van der Waals surface area contributed by atoms with Crippen LogP contribution in [-0.2, 0) is 0 Å². The fourth-order valence-electron chi connectivity index (χ4n) is 2.53. The predicted octanol–water partition coefficient (Wildman–Crippen LogP) is 2.87. The van der Waals surface area contributed by atoms with E-state index in [4.69, 9.17) is 14.9 Å². The van der Waals surface area contributed by atoms with Gasteiger partial charge in [-0.1, -0.05) is 6.07 Å². The van der Waals surface area contributed by atoms with Crippen LogP contribution < -0.4 is 14.4 Å². The van der Waals surface area contributed by atoms with Crippen LogP contribution in [-0.4, -0.2) is 36.7 Å². The van der Waals surface area contributed by atoms with Crippen molar-refractivity contribution in [3.05, 3.63) is 54.0 Å². The van der Waals surface area contributed by atoms with E-state index in [2.05, 4.69) is 4.98 Å². The zero-order chi connectivity index (χ0) is 16.4. The lowest BCUT2D eigenvalue weighted by Crippen LogP contribution is -2.26. The van der Waals surface area contributed by atoms with Gasteiger partial charge in [0.2, 0.25) is 0 Å². The quantitative estimate of drug-likeness (QED) is 0.907. The number of hydrogen-bond donors (Lipinski definition) is 2. The Morgan fingerprint density at radius 1 is 1.13 bits per heavy atom. The molecule has 3 rings (SSSR count). The molecule has 6 nitrogen and oxygen atoms in total. The van der Waals surface area contributed by atoms with Gasteiger partial charge in [0.1, 0.15) is 23.1 Å². The van der Waals surface area contributed by atoms with Gasteiger partial charge in [0, 0.05) is 24.4 Å². The summed E-state index contributed by atoms with van der Waals surface area (Å²) in [6.07, 6.45) is 1.64. The average Bonchev–Trinajstić information content (AvgIpc) is 2.89. The third-order valence-corrected chi connectivity index (χ3v) is 3.67. The number of benzene rings is 1. The van der Waals surface area contributed by atoms with Gasteiger partial charge in [-0.05, 0) is 12.1 Å². The predicted molar refractivity (Wildman–Crippen MR) is 88.4 cm³/mol. The minimum absolute atomic E-state index is 0.121. The number of amidine groups is 1. The molecule has 0 amide bonds. The van der Waals surface area contributed by atoms with Crippen LogP contribution >= 0.6 is 0 Å². The molecule has 1 aliphatic rings. The number of methoxy groups -OCH3 is 2. The molecule has 1 aromatic carbocycles. The zero-order valence-corrected chi connectivity index (χ0v) is 12.9. The minimum Gasteiger partial charge on any atom is -0.510 e. The Kier molecular flexibility index (Phi) is 3.89. The number of rotatable bonds is 4. The van der Waals surface area contributed by atoms with E-state index < -0.39 is 0 Å². The number of aromatic nitrogens is 1. The van der Waals surface area contributed by atoms with Crippen LogP contribution in [0.2, 0.25) is 0 Å². The van der Waals surface area contributed by atoms with Crippen LogP contribution in [0.1, 0.15) is 5.69 Å². The molecule has 2 N–H and O–H groups in total. The van der Waals surface area contributed by atoms with Crippen LogP contribution in [0, 0.1) is 5.41 Å². The summed E-state index contributed by atoms with van der Waals surface area (Å²) in [5.41, 5.74) is 1.73. The third-order valence-electron chi connectivity index (χ3n) is 3.67. The topological polar surface area (TPSA) is 78.7 Å². The van der Waals surface area contributed by atoms with Crippen molar-refractivity contribution < 1.29 is 14.6 Å². The molecule has 0 atom stereocenters. The molecule has 1 aromatic heterocycles. The van der Waals surface area contributed by atoms with Crippen molar-refractivity contribution >= 4 is 17.1 Å². The molecule has 0 unspecified atom stereocenters. The van der Waals surface area contributed by atoms with Crippen molar-refractivity contribution in [1.29, 1.82) is 5.41 Å². The van der Waals surface area contributed by atoms with Crippen LogP contribution in [0.15, 0.2) is 48.4 Å². The largest absolute Gasteiger partial charge is 0.510 e. The van der Waals surface area contributed by atoms with Gasteiger partial charge in [-0.25, -0.2) is 0 Å². The Morgan fingerprint density at radius 3 is 2.39 bits per heavy atom. The first kappa shape index (κ1) is 14.9. The second-order valence-electron chi connectivity index (χ2n) is 5.04. The van der Waals surface area contributed by atoms with E-state index in [0.29, 0.717) is 28.5 Å². The summed E-state index contributed by atoms with van der Waals surface area (Å²) < 4.78 is 10.5. The molecular weight excluding hydrogens is 294 g/mol. The van der Waals surface area contributed by atoms with E-state index in [0.717, 1.165) is 0 Å². The molecule has 1 aliphatic heterocycles. The van der Waals surface area contributed by atoms with E-state index in [9.17, 15) is 5.11 Å². The molecular formula is C17H17N3O3. The Bertz CT molecular complexity index is 750. The number of pyridine rings is 1. The molecule has 0 aliphatic carbocycles. The van der Waals surface area contributed by atoms with Gasteiger partial charge in [-0.15, -0.1) is 0 Å². The lowest BCUT2D eigenvalue weighted by Gasteiger charge is -2.20. The first-order valence-corrected chi connectivity index (χ1v) is 7.07. The minimum atomic E-state index is 0.121. The fraction of sp³-hybridized carbons (Fsp3) is 0.176. The standard InChI is InChI=1S/C17H17N3O3/c1-22-12-7-11(8-13(9-12)23-2)20-10-15(21)16(17(20)18)14-5-3-4-6-19-14/h3-9,18,21H,10H2,1-2H3. The Labute approximate surface area is 134 Å². The van der Waals surface area contributed by atoms with Crippen molar-refractivity contribution in [2.24, 2.45) is 0 Å². The maximum absolute atomic E-state index is 10.3. The molecule has 0 fully saturated rings. The highest BCUT2D eigenvalue weighted by Crippen LogP contribution is 2.34. The van der Waals surface area contributed by atoms with E-state index in [1.165, 1.54) is 0 Å². The molecule has 2 heterocycles. The first-order chi connectivity index (χ1) is 11.1. The number of nitrogens with zero attached hydrogens (tertiary/aromatic N) is 2. The summed E-state index contributed by atoms with van der Waals surface area (Å²) >= 11 is 0. The van der Waals surface area contributed by atoms with Crippen molar-refractivity contribution in [3.63, 3.8) is 0 Å². The van der Waals surface area contributed by atoms with Crippen molar-refractivity contribution in [3.8, 4) is 11.5 Å². The summed E-state index contributed by atoms with van der Waals surface area (Å²) in [6.45, 7) is 0.209. The third kappa shape index (κ3) is 2.70. The SMILES string of the molecule is COc1cc(OC)cc(N2CC(O)=C(c3ccccn3)C2=N)c1. The van der Waals surface area contributed by atoms with E-state index >= 15 is 0 Å². The second-order valence-corrected chi connectivity index (χ2v) is 5.04. The number of nitrogens with one attached hydrogen (secondary N) is 1. The summed E-state index contributed by atoms with van der Waals surface area (Å²) in [4.78, 5) is 5.91. The van der Waals surface area contributed by atoms with Gasteiger partial charge in [-0.3, -0.25) is 10.4 Å². The smallest absolute Gasteiger partial charge is 0.138 e. The highest BCUT2D eigenvalue weighted by molar-refractivity contribution is 6.30. The Hall–Kier alpha value is -3.02. The highest BCUT2D eigenvalue weighted by atomic mass is 16.5. The van der Waals surface area contributed by atoms with E-state index in [-0.39, 0.29) is 18.1 Å². The molecule has 0 saturated heterocycles. The highest BCUT2D eigenvalue weighted by Gasteiger charge is 2.30. The lowest BCUT2D eigenvalue weighted by molar-refractivity contribution is 0.394. The van der Waals surface area contributed by atoms with Crippen LogP contribution in [0.3, 0.4) is 0 Å². The van der Waals surface area contributed by atoms with Gasteiger partial charge in [-0.2, -0.15) is 0 Å². The van der Waals surface area contributed by atoms with Crippen LogP contribution in [0.4, 0.5) is 5.69 Å². The maximum Gasteiger partial charge on any atom is 0.138 e. The number of anilines is 1. The first-order valence-electron chi connectivity index (χ1n) is 7.07. The molecule has 0 saturated carbocycles. The number of ether oxygens (including phenoxy) is 2. The molecule has 118 valence electrons. The van der Waals surface area contributed by atoms with E-state index in [1.54, 1.807) is 55.6 Å². The summed E-state index contributed by atoms with van der Waals surface area (Å²) in [7, 11) is 3.14. The monoisotopic (exact) mass is 311 g/mol. The van der Waals surface area contributed by atoms with Crippen LogP contribution in [0.25, 0.3) is 5.57 Å². The summed E-state index contributed by atoms with van der Waals surface area (Å²) in [6, 6.07) is 10.8. The normalized spacial score (nSPS) is 14.3. The summed E-state index contributed by atoms with van der Waals surface area (Å²) in [5, 5.41) is 18.7. The van der Waals surface area contributed by atoms with Gasteiger partial charge >= 0.3 is 0 Å². The zero-order valence-electron chi connectivity index (χ0n) is 12.9. The van der Waals surface area contributed by atoms with Crippen molar-refractivity contribution in [2.75, 3.05) is 25.7 Å². The molecule has 6 heteroatoms. The average molecular weight is 311 g/mol. The van der Waals surface area contributed by atoms with Gasteiger partial charge in [0.25, 0.3) is 0 Å². The van der Waals surface area contributed by atoms with Crippen LogP contribution in [0.5, 0.6) is 11.5 Å². The number of hydrogen-bond acceptors (Lipinski definition) is 5. The molecule has 0 radical (unpaired) electrons. The number of aliphatic hydroxyl groups excluding tert-OH is 1. The van der Waals surface area contributed by atoms with Gasteiger partial charge in [0.15, 0.2) is 0 Å². The van der Waals surface area contributed by atoms with Gasteiger partial charge < -0.3 is 19.5 Å². The molecule has 23 heavy (non-hydrogen) atoms. The lowest BCUT2D eigenvalue weighted by atomic mass is 10.1. The van der Waals surface area contributed by atoms with Crippen molar-refractivity contribution in [2.45, 2.75) is 0 Å². The number of aliphatic hydroxyl groups is 1. The Morgan fingerprint density at radius 2 is 1.83 bits per heavy atom. The molecule has 2 aromatic rings. The van der Waals surface area contributed by atoms with Gasteiger partial charge in [0.05, 0.1) is 37.7 Å². The second kappa shape index (κ2) is 6.00. The maximum atomic E-state index is 10.3. The fourth-order valence-corrected chi connectivity index (χ4v) is 2.53. The molecule has 0 spiro atoms. The van der Waals surface area contributed by atoms with Crippen molar-refractivity contribution in [1.82, 2.24) is 4.98 Å². The van der Waals surface area contributed by atoms with E-state index in [1.807, 2.05) is 6.07 Å². The summed E-state index contributed by atoms with van der Waals surface area (Å²) in [5.74, 6) is 1.56. The Balaban J connectivity index is 1.97.